The summed E-state index contributed by atoms with van der Waals surface area (Å²) in [5, 5.41) is 18.5. The Hall–Kier alpha value is -1.56. The van der Waals surface area contributed by atoms with E-state index in [1.165, 1.54) is 0 Å². The zero-order valence-electron chi connectivity index (χ0n) is 8.47. The average Bonchev–Trinajstić information content (AvgIpc) is 2.72. The molecule has 1 aromatic heterocycles. The molecule has 0 aromatic carbocycles. The van der Waals surface area contributed by atoms with E-state index in [0.717, 1.165) is 12.1 Å². The molecule has 1 saturated heterocycles. The highest BCUT2D eigenvalue weighted by Crippen LogP contribution is 2.21. The highest BCUT2D eigenvalue weighted by Gasteiger charge is 2.30. The third-order valence-electron chi connectivity index (χ3n) is 2.68. The summed E-state index contributed by atoms with van der Waals surface area (Å²) in [4.78, 5) is 10.6. The van der Waals surface area contributed by atoms with Gasteiger partial charge in [0.2, 0.25) is 0 Å². The van der Waals surface area contributed by atoms with Crippen LogP contribution in [0.15, 0.2) is 12.4 Å². The number of aryl methyl sites for hydroxylation is 1. The summed E-state index contributed by atoms with van der Waals surface area (Å²) in [6, 6.07) is -0.0632. The molecule has 0 radical (unpaired) electrons. The van der Waals surface area contributed by atoms with E-state index in [4.69, 9.17) is 5.11 Å². The Labute approximate surface area is 87.3 Å². The largest absolute Gasteiger partial charge is 0.465 e. The minimum atomic E-state index is -0.974. The van der Waals surface area contributed by atoms with Crippen molar-refractivity contribution in [2.75, 3.05) is 13.1 Å². The van der Waals surface area contributed by atoms with Gasteiger partial charge in [-0.3, -0.25) is 4.68 Å². The first-order chi connectivity index (χ1) is 7.16. The Morgan fingerprint density at radius 3 is 3.13 bits per heavy atom. The van der Waals surface area contributed by atoms with Gasteiger partial charge in [0.25, 0.3) is 0 Å². The normalized spacial score (nSPS) is 25.4. The Bertz CT molecular complexity index is 363. The first-order valence-electron chi connectivity index (χ1n) is 4.85. The number of carbonyl (C=O) groups is 1. The van der Waals surface area contributed by atoms with E-state index in [0.29, 0.717) is 6.54 Å². The quantitative estimate of drug-likeness (QED) is 0.628. The molecule has 6 heteroatoms. The second-order valence-corrected chi connectivity index (χ2v) is 3.77. The number of nitrogens with one attached hydrogen (secondary N) is 2. The summed E-state index contributed by atoms with van der Waals surface area (Å²) < 4.78 is 1.73. The lowest BCUT2D eigenvalue weighted by atomic mass is 9.97. The SMILES string of the molecule is Cn1cc([C@@H]2CNC[C@H]2NC(=O)O)cn1. The van der Waals surface area contributed by atoms with Crippen molar-refractivity contribution in [3.63, 3.8) is 0 Å². The van der Waals surface area contributed by atoms with Gasteiger partial charge in [-0.1, -0.05) is 0 Å². The minimum absolute atomic E-state index is 0.0632. The van der Waals surface area contributed by atoms with Gasteiger partial charge in [0.05, 0.1) is 12.2 Å². The Balaban J connectivity index is 2.10. The van der Waals surface area contributed by atoms with Gasteiger partial charge in [0, 0.05) is 32.3 Å². The van der Waals surface area contributed by atoms with Crippen molar-refractivity contribution in [3.8, 4) is 0 Å². The maximum absolute atomic E-state index is 10.6. The topological polar surface area (TPSA) is 79.2 Å². The van der Waals surface area contributed by atoms with Gasteiger partial charge in [-0.2, -0.15) is 5.10 Å². The smallest absolute Gasteiger partial charge is 0.404 e. The van der Waals surface area contributed by atoms with Crippen molar-refractivity contribution in [1.29, 1.82) is 0 Å². The first kappa shape index (κ1) is 9.97. The monoisotopic (exact) mass is 210 g/mol. The molecule has 6 nitrogen and oxygen atoms in total. The maximum atomic E-state index is 10.6. The predicted molar refractivity (Wildman–Crippen MR) is 53.8 cm³/mol. The van der Waals surface area contributed by atoms with Crippen molar-refractivity contribution in [3.05, 3.63) is 18.0 Å². The number of rotatable bonds is 2. The van der Waals surface area contributed by atoms with E-state index < -0.39 is 6.09 Å². The Morgan fingerprint density at radius 1 is 1.73 bits per heavy atom. The zero-order chi connectivity index (χ0) is 10.8. The van der Waals surface area contributed by atoms with Crippen molar-refractivity contribution in [2.24, 2.45) is 7.05 Å². The third-order valence-corrected chi connectivity index (χ3v) is 2.68. The molecule has 0 aliphatic carbocycles. The molecule has 1 aliphatic rings. The van der Waals surface area contributed by atoms with Crippen LogP contribution in [0.3, 0.4) is 0 Å². The molecule has 1 aromatic rings. The molecular weight excluding hydrogens is 196 g/mol. The van der Waals surface area contributed by atoms with Crippen LogP contribution in [0.2, 0.25) is 0 Å². The number of nitrogens with zero attached hydrogens (tertiary/aromatic N) is 2. The molecule has 2 atom stereocenters. The summed E-state index contributed by atoms with van der Waals surface area (Å²) >= 11 is 0. The van der Waals surface area contributed by atoms with Crippen molar-refractivity contribution in [1.82, 2.24) is 20.4 Å². The van der Waals surface area contributed by atoms with Gasteiger partial charge in [-0.15, -0.1) is 0 Å². The lowest BCUT2D eigenvalue weighted by Gasteiger charge is -2.16. The summed E-state index contributed by atoms with van der Waals surface area (Å²) in [6.07, 6.45) is 2.74. The average molecular weight is 210 g/mol. The van der Waals surface area contributed by atoms with E-state index in [1.54, 1.807) is 10.9 Å². The van der Waals surface area contributed by atoms with Crippen LogP contribution in [0, 0.1) is 0 Å². The summed E-state index contributed by atoms with van der Waals surface area (Å²) in [6.45, 7) is 1.46. The number of aromatic nitrogens is 2. The highest BCUT2D eigenvalue weighted by molar-refractivity contribution is 5.65. The van der Waals surface area contributed by atoms with Crippen molar-refractivity contribution in [2.45, 2.75) is 12.0 Å². The predicted octanol–water partition coefficient (Wildman–Crippen LogP) is -0.257. The fraction of sp³-hybridized carbons (Fsp3) is 0.556. The molecule has 1 aliphatic heterocycles. The molecule has 0 bridgehead atoms. The van der Waals surface area contributed by atoms with E-state index in [1.807, 2.05) is 13.2 Å². The van der Waals surface area contributed by atoms with Crippen molar-refractivity contribution >= 4 is 6.09 Å². The molecule has 0 saturated carbocycles. The minimum Gasteiger partial charge on any atom is -0.465 e. The van der Waals surface area contributed by atoms with Crippen LogP contribution in [-0.2, 0) is 7.05 Å². The van der Waals surface area contributed by atoms with Crippen LogP contribution in [0.5, 0.6) is 0 Å². The lowest BCUT2D eigenvalue weighted by molar-refractivity contribution is 0.189. The van der Waals surface area contributed by atoms with E-state index >= 15 is 0 Å². The second-order valence-electron chi connectivity index (χ2n) is 3.77. The van der Waals surface area contributed by atoms with Crippen LogP contribution in [0.25, 0.3) is 0 Å². The maximum Gasteiger partial charge on any atom is 0.404 e. The van der Waals surface area contributed by atoms with Crippen LogP contribution >= 0.6 is 0 Å². The van der Waals surface area contributed by atoms with Gasteiger partial charge in [-0.05, 0) is 5.56 Å². The van der Waals surface area contributed by atoms with Crippen LogP contribution < -0.4 is 10.6 Å². The number of amides is 1. The molecule has 3 N–H and O–H groups in total. The molecule has 1 amide bonds. The molecule has 2 heterocycles. The molecular formula is C9H14N4O2. The Morgan fingerprint density at radius 2 is 2.53 bits per heavy atom. The fourth-order valence-corrected chi connectivity index (χ4v) is 1.97. The van der Waals surface area contributed by atoms with Crippen LogP contribution in [0.1, 0.15) is 11.5 Å². The molecule has 0 unspecified atom stereocenters. The van der Waals surface area contributed by atoms with Crippen LogP contribution in [0.4, 0.5) is 4.79 Å². The molecule has 0 spiro atoms. The standard InChI is InChI=1S/C9H14N4O2/c1-13-5-6(2-11-13)7-3-10-4-8(7)12-9(14)15/h2,5,7-8,10,12H,3-4H2,1H3,(H,14,15)/t7-,8+/m0/s1. The van der Waals surface area contributed by atoms with Gasteiger partial charge < -0.3 is 15.7 Å². The van der Waals surface area contributed by atoms with Crippen molar-refractivity contribution < 1.29 is 9.90 Å². The van der Waals surface area contributed by atoms with E-state index in [9.17, 15) is 4.79 Å². The Kier molecular flexibility index (Phi) is 2.59. The summed E-state index contributed by atoms with van der Waals surface area (Å²) in [5.41, 5.74) is 1.07. The number of carboxylic acid groups (broad SMARTS) is 1. The number of hydrogen-bond donors (Lipinski definition) is 3. The summed E-state index contributed by atoms with van der Waals surface area (Å²) in [7, 11) is 1.85. The lowest BCUT2D eigenvalue weighted by Crippen LogP contribution is -2.38. The highest BCUT2D eigenvalue weighted by atomic mass is 16.4. The second kappa shape index (κ2) is 3.90. The molecule has 15 heavy (non-hydrogen) atoms. The molecule has 82 valence electrons. The van der Waals surface area contributed by atoms with Gasteiger partial charge in [0.15, 0.2) is 0 Å². The van der Waals surface area contributed by atoms with E-state index in [2.05, 4.69) is 15.7 Å². The first-order valence-corrected chi connectivity index (χ1v) is 4.85. The van der Waals surface area contributed by atoms with Gasteiger partial charge in [-0.25, -0.2) is 4.79 Å². The fourth-order valence-electron chi connectivity index (χ4n) is 1.97. The third kappa shape index (κ3) is 2.10. The van der Waals surface area contributed by atoms with E-state index in [-0.39, 0.29) is 12.0 Å². The summed E-state index contributed by atoms with van der Waals surface area (Å²) in [5.74, 6) is 0.176. The van der Waals surface area contributed by atoms with Gasteiger partial charge in [0.1, 0.15) is 0 Å². The zero-order valence-corrected chi connectivity index (χ0v) is 8.47. The molecule has 2 rings (SSSR count). The van der Waals surface area contributed by atoms with Crippen LogP contribution in [-0.4, -0.2) is 40.1 Å². The van der Waals surface area contributed by atoms with Gasteiger partial charge >= 0.3 is 6.09 Å². The number of hydrogen-bond acceptors (Lipinski definition) is 3. The molecule has 1 fully saturated rings.